The zero-order valence-electron chi connectivity index (χ0n) is 16.9. The number of likely N-dealkylation sites (tertiary alicyclic amines) is 2. The highest BCUT2D eigenvalue weighted by Crippen LogP contribution is 2.20. The molecule has 2 saturated heterocycles. The number of nitrogens with zero attached hydrogens (tertiary/aromatic N) is 5. The Kier molecular flexibility index (Phi) is 6.27. The average molecular weight is 381 g/mol. The lowest BCUT2D eigenvalue weighted by molar-refractivity contribution is 0.198. The zero-order chi connectivity index (χ0) is 19.2. The molecule has 0 spiro atoms. The van der Waals surface area contributed by atoms with E-state index in [0.717, 1.165) is 37.2 Å². The lowest BCUT2D eigenvalue weighted by Crippen LogP contribution is -2.41. The smallest absolute Gasteiger partial charge is 0.193 e. The summed E-state index contributed by atoms with van der Waals surface area (Å²) in [6, 6.07) is 10.4. The van der Waals surface area contributed by atoms with Crippen molar-refractivity contribution in [1.82, 2.24) is 24.9 Å². The number of hydrogen-bond acceptors (Lipinski definition) is 3. The largest absolute Gasteiger partial charge is 0.352 e. The number of piperidine rings is 1. The van der Waals surface area contributed by atoms with E-state index in [0.29, 0.717) is 0 Å². The van der Waals surface area contributed by atoms with Gasteiger partial charge in [-0.1, -0.05) is 18.6 Å². The summed E-state index contributed by atoms with van der Waals surface area (Å²) in [7, 11) is 1.89. The van der Waals surface area contributed by atoms with E-state index < -0.39 is 0 Å². The Labute approximate surface area is 168 Å². The minimum atomic E-state index is 0.764. The standard InChI is InChI=1S/C22H32N6/c1-23-22(27-14-9-20(18-27)17-26-11-3-2-4-12-26)24-16-19-7-5-8-21(15-19)28-13-6-10-25-28/h5-8,10,13,15,20H,2-4,9,11-12,14,16-18H2,1H3,(H,23,24). The lowest BCUT2D eigenvalue weighted by atomic mass is 10.1. The second kappa shape index (κ2) is 9.24. The molecule has 2 aliphatic heterocycles. The van der Waals surface area contributed by atoms with Crippen LogP contribution in [0.3, 0.4) is 0 Å². The monoisotopic (exact) mass is 380 g/mol. The van der Waals surface area contributed by atoms with Crippen LogP contribution in [0.2, 0.25) is 0 Å². The Morgan fingerprint density at radius 1 is 1.18 bits per heavy atom. The molecule has 150 valence electrons. The van der Waals surface area contributed by atoms with Gasteiger partial charge in [-0.15, -0.1) is 0 Å². The van der Waals surface area contributed by atoms with Crippen LogP contribution in [0.1, 0.15) is 31.2 Å². The average Bonchev–Trinajstić information content (AvgIpc) is 3.42. The topological polar surface area (TPSA) is 48.7 Å². The molecule has 1 N–H and O–H groups in total. The van der Waals surface area contributed by atoms with E-state index in [1.54, 1.807) is 6.20 Å². The minimum absolute atomic E-state index is 0.764. The molecule has 0 amide bonds. The number of rotatable bonds is 5. The van der Waals surface area contributed by atoms with E-state index >= 15 is 0 Å². The van der Waals surface area contributed by atoms with Gasteiger partial charge >= 0.3 is 0 Å². The third kappa shape index (κ3) is 4.73. The molecule has 0 saturated carbocycles. The maximum atomic E-state index is 4.54. The Bertz CT molecular complexity index is 763. The number of nitrogens with one attached hydrogen (secondary N) is 1. The van der Waals surface area contributed by atoms with Gasteiger partial charge in [-0.3, -0.25) is 4.99 Å². The molecule has 2 aliphatic rings. The van der Waals surface area contributed by atoms with Crippen LogP contribution in [0.5, 0.6) is 0 Å². The van der Waals surface area contributed by atoms with E-state index in [4.69, 9.17) is 0 Å². The van der Waals surface area contributed by atoms with Gasteiger partial charge in [0, 0.05) is 45.6 Å². The number of guanidine groups is 1. The molecule has 0 bridgehead atoms. The highest BCUT2D eigenvalue weighted by Gasteiger charge is 2.26. The van der Waals surface area contributed by atoms with Crippen LogP contribution in [-0.2, 0) is 6.54 Å². The van der Waals surface area contributed by atoms with Crippen molar-refractivity contribution in [3.8, 4) is 5.69 Å². The predicted molar refractivity (Wildman–Crippen MR) is 114 cm³/mol. The Balaban J connectivity index is 1.30. The van der Waals surface area contributed by atoms with Crippen LogP contribution in [0.25, 0.3) is 5.69 Å². The molecular formula is C22H32N6. The van der Waals surface area contributed by atoms with Crippen LogP contribution in [0, 0.1) is 5.92 Å². The fourth-order valence-electron chi connectivity index (χ4n) is 4.43. The van der Waals surface area contributed by atoms with E-state index in [1.807, 2.05) is 24.0 Å². The van der Waals surface area contributed by atoms with Gasteiger partial charge in [0.15, 0.2) is 5.96 Å². The SMILES string of the molecule is CN=C(NCc1cccc(-n2cccn2)c1)N1CCC(CN2CCCCC2)C1. The van der Waals surface area contributed by atoms with Crippen molar-refractivity contribution < 1.29 is 0 Å². The molecule has 6 nitrogen and oxygen atoms in total. The van der Waals surface area contributed by atoms with Crippen LogP contribution < -0.4 is 5.32 Å². The molecule has 1 aromatic heterocycles. The molecule has 0 aliphatic carbocycles. The van der Waals surface area contributed by atoms with Crippen molar-refractivity contribution in [3.63, 3.8) is 0 Å². The van der Waals surface area contributed by atoms with E-state index in [9.17, 15) is 0 Å². The first-order valence-corrected chi connectivity index (χ1v) is 10.6. The maximum absolute atomic E-state index is 4.54. The third-order valence-electron chi connectivity index (χ3n) is 5.89. The first kappa shape index (κ1) is 19.0. The van der Waals surface area contributed by atoms with Gasteiger partial charge in [0.05, 0.1) is 5.69 Å². The van der Waals surface area contributed by atoms with Gasteiger partial charge in [-0.25, -0.2) is 4.68 Å². The fourth-order valence-corrected chi connectivity index (χ4v) is 4.43. The summed E-state index contributed by atoms with van der Waals surface area (Å²) in [6.45, 7) is 6.82. The third-order valence-corrected chi connectivity index (χ3v) is 5.89. The molecule has 1 atom stereocenters. The van der Waals surface area contributed by atoms with Gasteiger partial charge in [0.25, 0.3) is 0 Å². The summed E-state index contributed by atoms with van der Waals surface area (Å²) >= 11 is 0. The zero-order valence-corrected chi connectivity index (χ0v) is 16.9. The number of benzene rings is 1. The van der Waals surface area contributed by atoms with Crippen LogP contribution >= 0.6 is 0 Å². The molecule has 28 heavy (non-hydrogen) atoms. The second-order valence-corrected chi connectivity index (χ2v) is 7.98. The van der Waals surface area contributed by atoms with Crippen molar-refractivity contribution in [2.75, 3.05) is 39.8 Å². The summed E-state index contributed by atoms with van der Waals surface area (Å²) in [5.41, 5.74) is 2.32. The second-order valence-electron chi connectivity index (χ2n) is 7.98. The van der Waals surface area contributed by atoms with Crippen LogP contribution in [0.15, 0.2) is 47.7 Å². The van der Waals surface area contributed by atoms with Crippen LogP contribution in [-0.4, -0.2) is 65.3 Å². The molecule has 3 heterocycles. The first-order chi connectivity index (χ1) is 13.8. The molecule has 0 radical (unpaired) electrons. The van der Waals surface area contributed by atoms with Crippen molar-refractivity contribution >= 4 is 5.96 Å². The van der Waals surface area contributed by atoms with Crippen LogP contribution in [0.4, 0.5) is 0 Å². The summed E-state index contributed by atoms with van der Waals surface area (Å²) in [5.74, 6) is 1.78. The molecule has 2 fully saturated rings. The first-order valence-electron chi connectivity index (χ1n) is 10.6. The van der Waals surface area contributed by atoms with Gasteiger partial charge in [-0.2, -0.15) is 5.10 Å². The number of hydrogen-bond donors (Lipinski definition) is 1. The van der Waals surface area contributed by atoms with E-state index in [2.05, 4.69) is 49.5 Å². The summed E-state index contributed by atoms with van der Waals surface area (Å²) in [4.78, 5) is 9.62. The van der Waals surface area contributed by atoms with E-state index in [1.165, 1.54) is 50.9 Å². The Hall–Kier alpha value is -2.34. The molecule has 2 aromatic rings. The Morgan fingerprint density at radius 3 is 2.86 bits per heavy atom. The normalized spacial score (nSPS) is 21.2. The van der Waals surface area contributed by atoms with Crippen molar-refractivity contribution in [2.24, 2.45) is 10.9 Å². The van der Waals surface area contributed by atoms with Crippen molar-refractivity contribution in [2.45, 2.75) is 32.2 Å². The van der Waals surface area contributed by atoms with Gasteiger partial charge in [-0.05, 0) is 62.0 Å². The lowest BCUT2D eigenvalue weighted by Gasteiger charge is -2.29. The quantitative estimate of drug-likeness (QED) is 0.640. The Morgan fingerprint density at radius 2 is 2.07 bits per heavy atom. The number of aromatic nitrogens is 2. The van der Waals surface area contributed by atoms with Gasteiger partial charge < -0.3 is 15.1 Å². The summed E-state index contributed by atoms with van der Waals surface area (Å²) in [6.07, 6.45) is 9.20. The highest BCUT2D eigenvalue weighted by molar-refractivity contribution is 5.80. The highest BCUT2D eigenvalue weighted by atomic mass is 15.3. The summed E-state index contributed by atoms with van der Waals surface area (Å²) in [5, 5.41) is 7.88. The minimum Gasteiger partial charge on any atom is -0.352 e. The van der Waals surface area contributed by atoms with Gasteiger partial charge in [0.1, 0.15) is 0 Å². The molecule has 1 unspecified atom stereocenters. The maximum Gasteiger partial charge on any atom is 0.193 e. The van der Waals surface area contributed by atoms with Crippen molar-refractivity contribution in [3.05, 3.63) is 48.3 Å². The molecule has 1 aromatic carbocycles. The predicted octanol–water partition coefficient (Wildman–Crippen LogP) is 2.76. The molecule has 6 heteroatoms. The van der Waals surface area contributed by atoms with Crippen molar-refractivity contribution in [1.29, 1.82) is 0 Å². The fraction of sp³-hybridized carbons (Fsp3) is 0.545. The number of aliphatic imine (C=N–C) groups is 1. The van der Waals surface area contributed by atoms with E-state index in [-0.39, 0.29) is 0 Å². The van der Waals surface area contributed by atoms with Gasteiger partial charge in [0.2, 0.25) is 0 Å². The summed E-state index contributed by atoms with van der Waals surface area (Å²) < 4.78 is 1.89. The molecular weight excluding hydrogens is 348 g/mol. The molecule has 4 rings (SSSR count).